The molecule has 0 spiro atoms. The van der Waals surface area contributed by atoms with Gasteiger partial charge in [-0.15, -0.1) is 0 Å². The fourth-order valence-electron chi connectivity index (χ4n) is 5.16. The average Bonchev–Trinajstić information content (AvgIpc) is 2.94. The number of esters is 1. The molecule has 200 valence electrons. The van der Waals surface area contributed by atoms with Gasteiger partial charge in [0.1, 0.15) is 23.4 Å². The molecule has 2 aromatic rings. The lowest BCUT2D eigenvalue weighted by atomic mass is 9.76. The third-order valence-corrected chi connectivity index (χ3v) is 7.99. The predicted molar refractivity (Wildman–Crippen MR) is 150 cm³/mol. The van der Waals surface area contributed by atoms with E-state index < -0.39 is 11.0 Å². The monoisotopic (exact) mass is 506 g/mol. The Morgan fingerprint density at radius 1 is 0.973 bits per heavy atom. The maximum absolute atomic E-state index is 13.6. The van der Waals surface area contributed by atoms with E-state index in [1.807, 2.05) is 32.9 Å². The van der Waals surface area contributed by atoms with Gasteiger partial charge in [0.05, 0.1) is 11.2 Å². The molecule has 4 rings (SSSR count). The van der Waals surface area contributed by atoms with Gasteiger partial charge in [0.15, 0.2) is 0 Å². The van der Waals surface area contributed by atoms with Crippen LogP contribution in [0, 0.1) is 5.41 Å². The Labute approximate surface area is 223 Å². The van der Waals surface area contributed by atoms with Crippen molar-refractivity contribution in [1.29, 1.82) is 0 Å². The van der Waals surface area contributed by atoms with Crippen LogP contribution in [0.3, 0.4) is 0 Å². The zero-order valence-electron chi connectivity index (χ0n) is 23.7. The summed E-state index contributed by atoms with van der Waals surface area (Å²) in [6.07, 6.45) is 6.89. The van der Waals surface area contributed by atoms with Gasteiger partial charge in [0.2, 0.25) is 0 Å². The summed E-state index contributed by atoms with van der Waals surface area (Å²) in [5.41, 5.74) is -0.821. The number of allylic oxidation sites excluding steroid dienone is 1. The molecule has 0 saturated carbocycles. The molecule has 0 radical (unpaired) electrons. The molecule has 0 unspecified atom stereocenters. The van der Waals surface area contributed by atoms with Crippen LogP contribution < -0.4 is 0 Å². The molecule has 1 atom stereocenters. The standard InChI is InChI=1S/C31H43BO5/c1-28(2,3)35-27(33)31(19-10-11-21-32-36-29(4,5)30(6,7)37-32)20-13-18-26(34-22-31)25-17-12-15-23-14-8-9-16-24(23)25/h8-9,12,14-18H,10-11,13,19-22H2,1-7H3/t31-/m1/s1. The number of carbonyl (C=O) groups excluding carboxylic acids is 1. The molecule has 37 heavy (non-hydrogen) atoms. The minimum Gasteiger partial charge on any atom is -0.492 e. The third-order valence-electron chi connectivity index (χ3n) is 7.99. The molecule has 1 saturated heterocycles. The van der Waals surface area contributed by atoms with Crippen molar-refractivity contribution in [2.45, 2.75) is 104 Å². The van der Waals surface area contributed by atoms with Crippen LogP contribution in [-0.2, 0) is 23.6 Å². The SMILES string of the molecule is CC(C)(C)OC(=O)[C@]1(CCCCB2OC(C)(C)C(C)(C)O2)CCC=C(c2cccc3ccccc23)OC1. The smallest absolute Gasteiger partial charge is 0.457 e. The topological polar surface area (TPSA) is 54.0 Å². The van der Waals surface area contributed by atoms with Crippen LogP contribution in [0.15, 0.2) is 48.5 Å². The van der Waals surface area contributed by atoms with E-state index in [1.165, 1.54) is 5.39 Å². The molecular weight excluding hydrogens is 463 g/mol. The van der Waals surface area contributed by atoms with Gasteiger partial charge < -0.3 is 18.8 Å². The van der Waals surface area contributed by atoms with Gasteiger partial charge in [-0.25, -0.2) is 0 Å². The molecule has 2 aliphatic rings. The number of hydrogen-bond donors (Lipinski definition) is 0. The summed E-state index contributed by atoms with van der Waals surface area (Å²) in [6, 6.07) is 14.6. The maximum atomic E-state index is 13.6. The van der Waals surface area contributed by atoms with Crippen LogP contribution in [0.5, 0.6) is 0 Å². The number of ether oxygens (including phenoxy) is 2. The first kappa shape index (κ1) is 27.7. The van der Waals surface area contributed by atoms with Gasteiger partial charge in [-0.05, 0) is 90.9 Å². The second kappa shape index (κ2) is 10.5. The molecule has 6 heteroatoms. The van der Waals surface area contributed by atoms with Crippen LogP contribution in [0.1, 0.15) is 86.1 Å². The van der Waals surface area contributed by atoms with Gasteiger partial charge in [0.25, 0.3) is 0 Å². The number of hydrogen-bond acceptors (Lipinski definition) is 5. The minimum absolute atomic E-state index is 0.164. The normalized spacial score (nSPS) is 23.3. The van der Waals surface area contributed by atoms with Crippen LogP contribution in [0.2, 0.25) is 6.32 Å². The fourth-order valence-corrected chi connectivity index (χ4v) is 5.16. The van der Waals surface area contributed by atoms with E-state index in [-0.39, 0.29) is 24.3 Å². The lowest BCUT2D eigenvalue weighted by Gasteiger charge is -2.33. The largest absolute Gasteiger partial charge is 0.492 e. The average molecular weight is 506 g/mol. The van der Waals surface area contributed by atoms with Crippen molar-refractivity contribution in [1.82, 2.24) is 0 Å². The van der Waals surface area contributed by atoms with Crippen molar-refractivity contribution in [2.75, 3.05) is 6.61 Å². The Morgan fingerprint density at radius 3 is 2.35 bits per heavy atom. The molecule has 0 aliphatic carbocycles. The summed E-state index contributed by atoms with van der Waals surface area (Å²) in [5.74, 6) is 0.683. The second-order valence-electron chi connectivity index (χ2n) is 12.6. The Balaban J connectivity index is 1.46. The highest BCUT2D eigenvalue weighted by molar-refractivity contribution is 6.45. The molecule has 0 aromatic heterocycles. The third kappa shape index (κ3) is 6.23. The molecule has 1 fully saturated rings. The Morgan fingerprint density at radius 2 is 1.65 bits per heavy atom. The first-order chi connectivity index (χ1) is 17.3. The Hall–Kier alpha value is -2.31. The first-order valence-electron chi connectivity index (χ1n) is 13.7. The van der Waals surface area contributed by atoms with Gasteiger partial charge in [-0.2, -0.15) is 0 Å². The van der Waals surface area contributed by atoms with Crippen molar-refractivity contribution in [3.05, 3.63) is 54.1 Å². The number of rotatable bonds is 7. The van der Waals surface area contributed by atoms with Gasteiger partial charge >= 0.3 is 13.1 Å². The maximum Gasteiger partial charge on any atom is 0.457 e. The van der Waals surface area contributed by atoms with Gasteiger partial charge in [0, 0.05) is 5.56 Å². The highest BCUT2D eigenvalue weighted by atomic mass is 16.7. The Kier molecular flexibility index (Phi) is 7.83. The van der Waals surface area contributed by atoms with Crippen LogP contribution in [0.25, 0.3) is 16.5 Å². The summed E-state index contributed by atoms with van der Waals surface area (Å²) < 4.78 is 24.7. The zero-order valence-corrected chi connectivity index (χ0v) is 23.7. The van der Waals surface area contributed by atoms with Gasteiger partial charge in [-0.3, -0.25) is 4.79 Å². The number of benzene rings is 2. The van der Waals surface area contributed by atoms with Crippen molar-refractivity contribution in [3.8, 4) is 0 Å². The Bertz CT molecular complexity index is 1120. The molecule has 5 nitrogen and oxygen atoms in total. The van der Waals surface area contributed by atoms with Crippen molar-refractivity contribution in [2.24, 2.45) is 5.41 Å². The molecular formula is C31H43BO5. The first-order valence-corrected chi connectivity index (χ1v) is 13.7. The molecule has 2 aromatic carbocycles. The van der Waals surface area contributed by atoms with E-state index in [0.717, 1.165) is 42.3 Å². The number of fused-ring (bicyclic) bond motifs is 1. The van der Waals surface area contributed by atoms with Gasteiger partial charge in [-0.1, -0.05) is 55.3 Å². The fraction of sp³-hybridized carbons (Fsp3) is 0.581. The van der Waals surface area contributed by atoms with E-state index in [1.54, 1.807) is 0 Å². The van der Waals surface area contributed by atoms with Crippen LogP contribution >= 0.6 is 0 Å². The van der Waals surface area contributed by atoms with Crippen LogP contribution in [-0.4, -0.2) is 36.5 Å². The lowest BCUT2D eigenvalue weighted by molar-refractivity contribution is -0.171. The molecule has 0 bridgehead atoms. The lowest BCUT2D eigenvalue weighted by Crippen LogP contribution is -2.41. The predicted octanol–water partition coefficient (Wildman–Crippen LogP) is 7.58. The summed E-state index contributed by atoms with van der Waals surface area (Å²) in [5, 5.41) is 2.33. The summed E-state index contributed by atoms with van der Waals surface area (Å²) in [4.78, 5) is 13.6. The highest BCUT2D eigenvalue weighted by Gasteiger charge is 2.50. The summed E-state index contributed by atoms with van der Waals surface area (Å²) in [6.45, 7) is 14.4. The number of unbranched alkanes of at least 4 members (excludes halogenated alkanes) is 1. The number of carbonyl (C=O) groups is 1. The van der Waals surface area contributed by atoms with E-state index in [4.69, 9.17) is 18.8 Å². The van der Waals surface area contributed by atoms with E-state index in [0.29, 0.717) is 19.4 Å². The molecule has 0 amide bonds. The van der Waals surface area contributed by atoms with E-state index >= 15 is 0 Å². The minimum atomic E-state index is -0.688. The van der Waals surface area contributed by atoms with Crippen molar-refractivity contribution < 1.29 is 23.6 Å². The van der Waals surface area contributed by atoms with Crippen molar-refractivity contribution in [3.63, 3.8) is 0 Å². The van der Waals surface area contributed by atoms with E-state index in [9.17, 15) is 4.79 Å². The molecule has 2 aliphatic heterocycles. The zero-order chi connectivity index (χ0) is 26.9. The summed E-state index contributed by atoms with van der Waals surface area (Å²) in [7, 11) is -0.215. The van der Waals surface area contributed by atoms with Crippen molar-refractivity contribution >= 4 is 29.6 Å². The quantitative estimate of drug-likeness (QED) is 0.220. The van der Waals surface area contributed by atoms with E-state index in [2.05, 4.69) is 64.1 Å². The van der Waals surface area contributed by atoms with Crippen LogP contribution in [0.4, 0.5) is 0 Å². The highest BCUT2D eigenvalue weighted by Crippen LogP contribution is 2.41. The second-order valence-corrected chi connectivity index (χ2v) is 12.6. The molecule has 2 heterocycles. The summed E-state index contributed by atoms with van der Waals surface area (Å²) >= 11 is 0. The molecule has 0 N–H and O–H groups in total.